The SMILES string of the molecule is N[C@@H](CCC(=O)Nc1ccc(Oc2ccccc2)cc1)C(=O)NCCC(=O)O. The Morgan fingerprint density at radius 1 is 0.964 bits per heavy atom. The fourth-order valence-corrected chi connectivity index (χ4v) is 2.30. The minimum atomic E-state index is -1.01. The Bertz CT molecular complexity index is 793. The molecule has 0 fully saturated rings. The molecule has 0 aliphatic heterocycles. The van der Waals surface area contributed by atoms with E-state index in [1.54, 1.807) is 24.3 Å². The van der Waals surface area contributed by atoms with E-state index in [2.05, 4.69) is 10.6 Å². The number of nitrogens with two attached hydrogens (primary N) is 1. The number of carbonyl (C=O) groups excluding carboxylic acids is 2. The number of ether oxygens (including phenoxy) is 1. The van der Waals surface area contributed by atoms with E-state index in [-0.39, 0.29) is 31.7 Å². The molecule has 0 heterocycles. The number of hydrogen-bond donors (Lipinski definition) is 4. The molecule has 148 valence electrons. The molecule has 28 heavy (non-hydrogen) atoms. The lowest BCUT2D eigenvalue weighted by molar-refractivity contribution is -0.137. The van der Waals surface area contributed by atoms with Gasteiger partial charge in [0.25, 0.3) is 0 Å². The molecule has 0 bridgehead atoms. The van der Waals surface area contributed by atoms with Gasteiger partial charge in [0.05, 0.1) is 12.5 Å². The van der Waals surface area contributed by atoms with Crippen molar-refractivity contribution in [2.24, 2.45) is 5.73 Å². The molecular formula is C20H23N3O5. The van der Waals surface area contributed by atoms with Gasteiger partial charge < -0.3 is 26.2 Å². The van der Waals surface area contributed by atoms with Crippen molar-refractivity contribution in [2.75, 3.05) is 11.9 Å². The van der Waals surface area contributed by atoms with Gasteiger partial charge in [-0.1, -0.05) is 18.2 Å². The van der Waals surface area contributed by atoms with Gasteiger partial charge in [-0.3, -0.25) is 14.4 Å². The number of rotatable bonds is 10. The molecule has 8 nitrogen and oxygen atoms in total. The smallest absolute Gasteiger partial charge is 0.305 e. The highest BCUT2D eigenvalue weighted by Crippen LogP contribution is 2.22. The summed E-state index contributed by atoms with van der Waals surface area (Å²) in [6.07, 6.45) is 0.0403. The Balaban J connectivity index is 1.73. The van der Waals surface area contributed by atoms with Crippen LogP contribution in [-0.4, -0.2) is 35.5 Å². The van der Waals surface area contributed by atoms with E-state index >= 15 is 0 Å². The van der Waals surface area contributed by atoms with Crippen molar-refractivity contribution < 1.29 is 24.2 Å². The number of carboxylic acid groups (broad SMARTS) is 1. The Morgan fingerprint density at radius 2 is 1.61 bits per heavy atom. The molecule has 0 unspecified atom stereocenters. The molecule has 0 radical (unpaired) electrons. The third-order valence-electron chi connectivity index (χ3n) is 3.77. The standard InChI is InChI=1S/C20H23N3O5/c21-17(20(27)22-13-12-19(25)26)10-11-18(24)23-14-6-8-16(9-7-14)28-15-4-2-1-3-5-15/h1-9,17H,10-13,21H2,(H,22,27)(H,23,24)(H,25,26)/t17-/m0/s1. The van der Waals surface area contributed by atoms with Crippen molar-refractivity contribution in [3.63, 3.8) is 0 Å². The molecule has 0 aliphatic carbocycles. The predicted octanol–water partition coefficient (Wildman–Crippen LogP) is 2.12. The molecular weight excluding hydrogens is 362 g/mol. The van der Waals surface area contributed by atoms with Crippen molar-refractivity contribution >= 4 is 23.5 Å². The average Bonchev–Trinajstić information content (AvgIpc) is 2.68. The highest BCUT2D eigenvalue weighted by atomic mass is 16.5. The highest BCUT2D eigenvalue weighted by molar-refractivity contribution is 5.91. The molecule has 2 rings (SSSR count). The first-order chi connectivity index (χ1) is 13.4. The third kappa shape index (κ3) is 7.46. The molecule has 5 N–H and O–H groups in total. The van der Waals surface area contributed by atoms with Gasteiger partial charge in [0.15, 0.2) is 0 Å². The number of hydrogen-bond acceptors (Lipinski definition) is 5. The van der Waals surface area contributed by atoms with E-state index in [4.69, 9.17) is 15.6 Å². The van der Waals surface area contributed by atoms with Gasteiger partial charge in [-0.25, -0.2) is 0 Å². The summed E-state index contributed by atoms with van der Waals surface area (Å²) >= 11 is 0. The monoisotopic (exact) mass is 385 g/mol. The van der Waals surface area contributed by atoms with Gasteiger partial charge in [0.1, 0.15) is 11.5 Å². The quantitative estimate of drug-likeness (QED) is 0.495. The van der Waals surface area contributed by atoms with Crippen LogP contribution in [0.2, 0.25) is 0 Å². The number of carboxylic acids is 1. The maximum absolute atomic E-state index is 12.0. The molecule has 0 aromatic heterocycles. The van der Waals surface area contributed by atoms with Crippen LogP contribution < -0.4 is 21.1 Å². The van der Waals surface area contributed by atoms with Crippen LogP contribution in [0.5, 0.6) is 11.5 Å². The van der Waals surface area contributed by atoms with Crippen LogP contribution in [0, 0.1) is 0 Å². The number of amides is 2. The molecule has 2 amide bonds. The van der Waals surface area contributed by atoms with Crippen LogP contribution in [-0.2, 0) is 14.4 Å². The van der Waals surface area contributed by atoms with Gasteiger partial charge in [0, 0.05) is 18.7 Å². The van der Waals surface area contributed by atoms with Crippen molar-refractivity contribution in [1.29, 1.82) is 0 Å². The summed E-state index contributed by atoms with van der Waals surface area (Å²) < 4.78 is 5.68. The predicted molar refractivity (Wildman–Crippen MR) is 104 cm³/mol. The van der Waals surface area contributed by atoms with E-state index < -0.39 is 17.9 Å². The van der Waals surface area contributed by atoms with E-state index in [0.717, 1.165) is 5.75 Å². The lowest BCUT2D eigenvalue weighted by atomic mass is 10.1. The fourth-order valence-electron chi connectivity index (χ4n) is 2.30. The Hall–Kier alpha value is -3.39. The highest BCUT2D eigenvalue weighted by Gasteiger charge is 2.15. The minimum Gasteiger partial charge on any atom is -0.481 e. The van der Waals surface area contributed by atoms with Crippen LogP contribution >= 0.6 is 0 Å². The van der Waals surface area contributed by atoms with Gasteiger partial charge in [-0.2, -0.15) is 0 Å². The summed E-state index contributed by atoms with van der Waals surface area (Å²) in [7, 11) is 0. The van der Waals surface area contributed by atoms with Gasteiger partial charge >= 0.3 is 5.97 Å². The minimum absolute atomic E-state index is 0.00542. The lowest BCUT2D eigenvalue weighted by Crippen LogP contribution is -2.41. The molecule has 0 saturated carbocycles. The number of para-hydroxylation sites is 1. The maximum Gasteiger partial charge on any atom is 0.305 e. The second-order valence-corrected chi connectivity index (χ2v) is 6.07. The van der Waals surface area contributed by atoms with E-state index in [1.807, 2.05) is 30.3 Å². The van der Waals surface area contributed by atoms with E-state index in [9.17, 15) is 14.4 Å². The topological polar surface area (TPSA) is 131 Å². The average molecular weight is 385 g/mol. The molecule has 0 saturated heterocycles. The van der Waals surface area contributed by atoms with Gasteiger partial charge in [-0.05, 0) is 42.8 Å². The lowest BCUT2D eigenvalue weighted by Gasteiger charge is -2.12. The summed E-state index contributed by atoms with van der Waals surface area (Å²) in [5.74, 6) is -0.394. The Labute approximate surface area is 162 Å². The van der Waals surface area contributed by atoms with Crippen LogP contribution in [0.4, 0.5) is 5.69 Å². The van der Waals surface area contributed by atoms with Crippen molar-refractivity contribution in [3.8, 4) is 11.5 Å². The summed E-state index contributed by atoms with van der Waals surface area (Å²) in [5, 5.41) is 13.7. The number of benzene rings is 2. The van der Waals surface area contributed by atoms with Crippen molar-refractivity contribution in [3.05, 3.63) is 54.6 Å². The van der Waals surface area contributed by atoms with Crippen LogP contribution in [0.15, 0.2) is 54.6 Å². The first kappa shape index (κ1) is 20.9. The fraction of sp³-hybridized carbons (Fsp3) is 0.250. The van der Waals surface area contributed by atoms with Gasteiger partial charge in [0.2, 0.25) is 11.8 Å². The normalized spacial score (nSPS) is 11.3. The number of nitrogens with one attached hydrogen (secondary N) is 2. The Kier molecular flexibility index (Phi) is 7.98. The second kappa shape index (κ2) is 10.7. The summed E-state index contributed by atoms with van der Waals surface area (Å²) in [6.45, 7) is 0.00542. The number of aliphatic carboxylic acids is 1. The van der Waals surface area contributed by atoms with Crippen molar-refractivity contribution in [2.45, 2.75) is 25.3 Å². The van der Waals surface area contributed by atoms with E-state index in [0.29, 0.717) is 11.4 Å². The molecule has 0 spiro atoms. The molecule has 2 aromatic rings. The largest absolute Gasteiger partial charge is 0.481 e. The van der Waals surface area contributed by atoms with Crippen LogP contribution in [0.25, 0.3) is 0 Å². The first-order valence-electron chi connectivity index (χ1n) is 8.82. The molecule has 0 aliphatic rings. The maximum atomic E-state index is 12.0. The summed E-state index contributed by atoms with van der Waals surface area (Å²) in [6, 6.07) is 15.4. The van der Waals surface area contributed by atoms with Crippen LogP contribution in [0.3, 0.4) is 0 Å². The van der Waals surface area contributed by atoms with Crippen LogP contribution in [0.1, 0.15) is 19.3 Å². The Morgan fingerprint density at radius 3 is 2.25 bits per heavy atom. The molecule has 2 aromatic carbocycles. The molecule has 8 heteroatoms. The first-order valence-corrected chi connectivity index (χ1v) is 8.82. The zero-order valence-electron chi connectivity index (χ0n) is 15.3. The van der Waals surface area contributed by atoms with Gasteiger partial charge in [-0.15, -0.1) is 0 Å². The summed E-state index contributed by atoms with van der Waals surface area (Å²) in [5.41, 5.74) is 6.31. The zero-order chi connectivity index (χ0) is 20.4. The summed E-state index contributed by atoms with van der Waals surface area (Å²) in [4.78, 5) is 34.1. The number of anilines is 1. The molecule has 1 atom stereocenters. The number of carbonyl (C=O) groups is 3. The zero-order valence-corrected chi connectivity index (χ0v) is 15.3. The van der Waals surface area contributed by atoms with Crippen molar-refractivity contribution in [1.82, 2.24) is 5.32 Å². The second-order valence-electron chi connectivity index (χ2n) is 6.07. The van der Waals surface area contributed by atoms with E-state index in [1.165, 1.54) is 0 Å². The third-order valence-corrected chi connectivity index (χ3v) is 3.77.